The first kappa shape index (κ1) is 18.8. The molecule has 0 aliphatic rings. The Hall–Kier alpha value is -2.23. The van der Waals surface area contributed by atoms with Gasteiger partial charge in [-0.3, -0.25) is 4.74 Å². The van der Waals surface area contributed by atoms with Crippen molar-refractivity contribution in [1.29, 1.82) is 0 Å². The van der Waals surface area contributed by atoms with Crippen LogP contribution in [-0.4, -0.2) is 31.9 Å². The van der Waals surface area contributed by atoms with Gasteiger partial charge in [0.05, 0.1) is 6.61 Å². The van der Waals surface area contributed by atoms with Crippen molar-refractivity contribution in [2.45, 2.75) is 12.7 Å². The molecule has 1 rings (SSSR count). The Kier molecular flexibility index (Phi) is 6.43. The number of hydrogen-bond donors (Lipinski definition) is 0. The molecule has 4 nitrogen and oxygen atoms in total. The van der Waals surface area contributed by atoms with Gasteiger partial charge < -0.3 is 9.47 Å². The highest BCUT2D eigenvalue weighted by atomic mass is 19.4. The molecule has 0 aliphatic heterocycles. The fraction of sp³-hybridized carbons (Fsp3) is 0.308. The second kappa shape index (κ2) is 7.86. The zero-order valence-corrected chi connectivity index (χ0v) is 11.3. The minimum absolute atomic E-state index is 0.204. The van der Waals surface area contributed by atoms with Gasteiger partial charge in [-0.05, 0) is 11.6 Å². The van der Waals surface area contributed by atoms with Crippen LogP contribution in [0.5, 0.6) is 0 Å². The molecule has 0 N–H and O–H groups in total. The van der Waals surface area contributed by atoms with E-state index in [9.17, 15) is 31.1 Å². The highest BCUT2D eigenvalue weighted by molar-refractivity contribution is 5.91. The molecule has 128 valence electrons. The van der Waals surface area contributed by atoms with E-state index < -0.39 is 37.7 Å². The maximum Gasteiger partial charge on any atom is 0.573 e. The van der Waals surface area contributed by atoms with Gasteiger partial charge in [0.1, 0.15) is 6.61 Å². The van der Waals surface area contributed by atoms with E-state index >= 15 is 0 Å². The molecule has 10 heteroatoms. The number of esters is 1. The third-order valence-electron chi connectivity index (χ3n) is 2.11. The molecule has 0 aromatic heterocycles. The van der Waals surface area contributed by atoms with Gasteiger partial charge in [-0.15, -0.1) is 26.3 Å². The van der Waals surface area contributed by atoms with Crippen LogP contribution in [-0.2, 0) is 19.0 Å². The number of alkyl halides is 6. The smallest absolute Gasteiger partial charge is 0.457 e. The van der Waals surface area contributed by atoms with E-state index in [1.165, 1.54) is 24.3 Å². The standard InChI is InChI=1S/C13H10F6O4/c14-12(15,16)22-7-6-21-11(20)10(23-13(17,18)19)8-9-4-2-1-3-5-9/h1-5,8H,6-7H2/b10-8+. The summed E-state index contributed by atoms with van der Waals surface area (Å²) in [7, 11) is 0. The van der Waals surface area contributed by atoms with Gasteiger partial charge >= 0.3 is 18.7 Å². The van der Waals surface area contributed by atoms with E-state index in [2.05, 4.69) is 14.2 Å². The zero-order chi connectivity index (χ0) is 17.5. The summed E-state index contributed by atoms with van der Waals surface area (Å²) in [6.07, 6.45) is -9.35. The highest BCUT2D eigenvalue weighted by Gasteiger charge is 2.35. The van der Waals surface area contributed by atoms with Crippen molar-refractivity contribution in [3.63, 3.8) is 0 Å². The largest absolute Gasteiger partial charge is 0.573 e. The topological polar surface area (TPSA) is 44.8 Å². The monoisotopic (exact) mass is 344 g/mol. The van der Waals surface area contributed by atoms with E-state index in [1.807, 2.05) is 0 Å². The number of ether oxygens (including phenoxy) is 3. The Morgan fingerprint density at radius 2 is 1.57 bits per heavy atom. The van der Waals surface area contributed by atoms with Crippen LogP contribution in [0, 0.1) is 0 Å². The summed E-state index contributed by atoms with van der Waals surface area (Å²) in [4.78, 5) is 11.5. The van der Waals surface area contributed by atoms with Crippen LogP contribution in [0.15, 0.2) is 36.1 Å². The van der Waals surface area contributed by atoms with Crippen molar-refractivity contribution in [3.05, 3.63) is 41.7 Å². The van der Waals surface area contributed by atoms with Crippen molar-refractivity contribution < 1.29 is 45.3 Å². The predicted octanol–water partition coefficient (Wildman–Crippen LogP) is 3.64. The van der Waals surface area contributed by atoms with Gasteiger partial charge in [0.2, 0.25) is 5.76 Å². The molecule has 0 aliphatic carbocycles. The Bertz CT molecular complexity index is 536. The van der Waals surface area contributed by atoms with Gasteiger partial charge in [-0.25, -0.2) is 4.79 Å². The number of carbonyl (C=O) groups is 1. The summed E-state index contributed by atoms with van der Waals surface area (Å²) in [6.45, 7) is -1.95. The third-order valence-corrected chi connectivity index (χ3v) is 2.11. The summed E-state index contributed by atoms with van der Waals surface area (Å²) < 4.78 is 83.0. The van der Waals surface area contributed by atoms with Crippen LogP contribution < -0.4 is 0 Å². The molecular formula is C13H10F6O4. The van der Waals surface area contributed by atoms with Gasteiger partial charge in [0, 0.05) is 0 Å². The van der Waals surface area contributed by atoms with E-state index in [1.54, 1.807) is 6.07 Å². The molecular weight excluding hydrogens is 334 g/mol. The fourth-order valence-electron chi connectivity index (χ4n) is 1.32. The number of hydrogen-bond acceptors (Lipinski definition) is 4. The lowest BCUT2D eigenvalue weighted by Crippen LogP contribution is -2.22. The minimum Gasteiger partial charge on any atom is -0.457 e. The van der Waals surface area contributed by atoms with Crippen LogP contribution in [0.25, 0.3) is 6.08 Å². The van der Waals surface area contributed by atoms with Crippen LogP contribution >= 0.6 is 0 Å². The van der Waals surface area contributed by atoms with Crippen molar-refractivity contribution >= 4 is 12.0 Å². The van der Waals surface area contributed by atoms with Crippen molar-refractivity contribution in [2.75, 3.05) is 13.2 Å². The molecule has 0 spiro atoms. The van der Waals surface area contributed by atoms with E-state index in [-0.39, 0.29) is 5.56 Å². The fourth-order valence-corrected chi connectivity index (χ4v) is 1.32. The number of benzene rings is 1. The Morgan fingerprint density at radius 1 is 0.957 bits per heavy atom. The molecule has 23 heavy (non-hydrogen) atoms. The minimum atomic E-state index is -5.16. The first-order valence-electron chi connectivity index (χ1n) is 5.97. The lowest BCUT2D eigenvalue weighted by Gasteiger charge is -2.13. The molecule has 0 saturated carbocycles. The number of carbonyl (C=O) groups excluding carboxylic acids is 1. The van der Waals surface area contributed by atoms with Gasteiger partial charge in [-0.1, -0.05) is 30.3 Å². The van der Waals surface area contributed by atoms with Gasteiger partial charge in [0.15, 0.2) is 0 Å². The maximum atomic E-state index is 12.3. The summed E-state index contributed by atoms with van der Waals surface area (Å²) in [5.74, 6) is -2.78. The quantitative estimate of drug-likeness (QED) is 0.260. The zero-order valence-electron chi connectivity index (χ0n) is 11.3. The van der Waals surface area contributed by atoms with Gasteiger partial charge in [0.25, 0.3) is 0 Å². The summed E-state index contributed by atoms with van der Waals surface area (Å²) >= 11 is 0. The molecule has 0 fully saturated rings. The second-order valence-electron chi connectivity index (χ2n) is 3.90. The number of rotatable bonds is 6. The second-order valence-corrected chi connectivity index (χ2v) is 3.90. The Labute approximate surface area is 126 Å². The van der Waals surface area contributed by atoms with E-state index in [0.717, 1.165) is 6.08 Å². The van der Waals surface area contributed by atoms with Crippen molar-refractivity contribution in [3.8, 4) is 0 Å². The summed E-state index contributed by atoms with van der Waals surface area (Å²) in [6, 6.07) is 7.37. The van der Waals surface area contributed by atoms with Crippen molar-refractivity contribution in [2.24, 2.45) is 0 Å². The van der Waals surface area contributed by atoms with Crippen LogP contribution in [0.1, 0.15) is 5.56 Å². The first-order chi connectivity index (χ1) is 10.6. The first-order valence-corrected chi connectivity index (χ1v) is 5.97. The van der Waals surface area contributed by atoms with Gasteiger partial charge in [-0.2, -0.15) is 0 Å². The number of halogens is 6. The molecule has 0 atom stereocenters. The van der Waals surface area contributed by atoms with Crippen LogP contribution in [0.3, 0.4) is 0 Å². The molecule has 0 saturated heterocycles. The molecule has 0 unspecified atom stereocenters. The molecule has 0 heterocycles. The molecule has 0 radical (unpaired) electrons. The van der Waals surface area contributed by atoms with Crippen LogP contribution in [0.2, 0.25) is 0 Å². The molecule has 0 amide bonds. The Balaban J connectivity index is 2.72. The maximum absolute atomic E-state index is 12.3. The summed E-state index contributed by atoms with van der Waals surface area (Å²) in [5, 5.41) is 0. The molecule has 1 aromatic carbocycles. The van der Waals surface area contributed by atoms with E-state index in [0.29, 0.717) is 0 Å². The summed E-state index contributed by atoms with van der Waals surface area (Å²) in [5.41, 5.74) is 0.204. The average Bonchev–Trinajstić information content (AvgIpc) is 2.41. The predicted molar refractivity (Wildman–Crippen MR) is 64.5 cm³/mol. The molecule has 1 aromatic rings. The highest BCUT2D eigenvalue weighted by Crippen LogP contribution is 2.23. The lowest BCUT2D eigenvalue weighted by atomic mass is 10.2. The Morgan fingerprint density at radius 3 is 2.09 bits per heavy atom. The average molecular weight is 344 g/mol. The normalized spacial score (nSPS) is 12.9. The lowest BCUT2D eigenvalue weighted by molar-refractivity contribution is -0.326. The van der Waals surface area contributed by atoms with Crippen molar-refractivity contribution in [1.82, 2.24) is 0 Å². The van der Waals surface area contributed by atoms with Crippen LogP contribution in [0.4, 0.5) is 26.3 Å². The third kappa shape index (κ3) is 8.71. The molecule has 0 bridgehead atoms. The SMILES string of the molecule is O=C(OCCOC(F)(F)F)/C(=C\c1ccccc1)OC(F)(F)F. The van der Waals surface area contributed by atoms with E-state index in [4.69, 9.17) is 0 Å².